The second kappa shape index (κ2) is 7.46. The van der Waals surface area contributed by atoms with E-state index in [1.165, 1.54) is 0 Å². The van der Waals surface area contributed by atoms with Crippen LogP contribution in [0, 0.1) is 0 Å². The Balaban J connectivity index is 1.67. The third-order valence-corrected chi connectivity index (χ3v) is 4.74. The Morgan fingerprint density at radius 1 is 1.26 bits per heavy atom. The Bertz CT molecular complexity index is 665. The van der Waals surface area contributed by atoms with Crippen molar-refractivity contribution in [3.05, 3.63) is 48.3 Å². The number of piperidine rings is 1. The first kappa shape index (κ1) is 15.8. The van der Waals surface area contributed by atoms with Crippen LogP contribution in [0.5, 0.6) is 0 Å². The highest BCUT2D eigenvalue weighted by Gasteiger charge is 2.23. The second-order valence-corrected chi connectivity index (χ2v) is 6.36. The minimum Gasteiger partial charge on any atom is -0.347 e. The number of carbonyl (C=O) groups excluding carboxylic acids is 1. The van der Waals surface area contributed by atoms with Gasteiger partial charge in [-0.2, -0.15) is 0 Å². The lowest BCUT2D eigenvalue weighted by Crippen LogP contribution is -2.48. The first-order valence-corrected chi connectivity index (χ1v) is 8.96. The van der Waals surface area contributed by atoms with Crippen LogP contribution in [0.25, 0.3) is 0 Å². The average Bonchev–Trinajstić information content (AvgIpc) is 2.62. The molecule has 1 saturated heterocycles. The summed E-state index contributed by atoms with van der Waals surface area (Å²) in [5.41, 5.74) is 0.744. The van der Waals surface area contributed by atoms with Crippen LogP contribution in [-0.4, -0.2) is 41.3 Å². The highest BCUT2D eigenvalue weighted by atomic mass is 32.2. The molecular formula is C17H20N4OS. The third-order valence-electron chi connectivity index (χ3n) is 3.94. The molecule has 120 valence electrons. The van der Waals surface area contributed by atoms with Crippen molar-refractivity contribution in [2.75, 3.05) is 24.2 Å². The van der Waals surface area contributed by atoms with E-state index in [-0.39, 0.29) is 11.9 Å². The third kappa shape index (κ3) is 3.82. The molecule has 1 aromatic heterocycles. The highest BCUT2D eigenvalue weighted by Crippen LogP contribution is 2.21. The van der Waals surface area contributed by atoms with Gasteiger partial charge in [-0.1, -0.05) is 12.1 Å². The van der Waals surface area contributed by atoms with Gasteiger partial charge in [0.1, 0.15) is 0 Å². The molecule has 1 aromatic carbocycles. The van der Waals surface area contributed by atoms with Crippen LogP contribution in [0.2, 0.25) is 0 Å². The van der Waals surface area contributed by atoms with Crippen molar-refractivity contribution < 1.29 is 4.79 Å². The SMILES string of the molecule is CSc1ccccc1C(=O)N[C@H]1CCCN(c2ncccn2)C1. The van der Waals surface area contributed by atoms with Gasteiger partial charge in [0.05, 0.1) is 5.56 Å². The zero-order chi connectivity index (χ0) is 16.1. The Morgan fingerprint density at radius 3 is 2.83 bits per heavy atom. The molecule has 1 fully saturated rings. The lowest BCUT2D eigenvalue weighted by Gasteiger charge is -2.33. The number of amides is 1. The van der Waals surface area contributed by atoms with Gasteiger partial charge in [0, 0.05) is 36.4 Å². The number of hydrogen-bond donors (Lipinski definition) is 1. The molecular weight excluding hydrogens is 308 g/mol. The number of aromatic nitrogens is 2. The van der Waals surface area contributed by atoms with Crippen LogP contribution in [0.15, 0.2) is 47.6 Å². The van der Waals surface area contributed by atoms with Crippen molar-refractivity contribution in [2.24, 2.45) is 0 Å². The van der Waals surface area contributed by atoms with E-state index in [0.29, 0.717) is 0 Å². The molecule has 5 nitrogen and oxygen atoms in total. The summed E-state index contributed by atoms with van der Waals surface area (Å²) in [6, 6.07) is 9.64. The number of thioether (sulfide) groups is 1. The van der Waals surface area contributed by atoms with Crippen molar-refractivity contribution in [3.8, 4) is 0 Å². The summed E-state index contributed by atoms with van der Waals surface area (Å²) in [5, 5.41) is 3.16. The van der Waals surface area contributed by atoms with Gasteiger partial charge in [-0.25, -0.2) is 9.97 Å². The fourth-order valence-corrected chi connectivity index (χ4v) is 3.42. The monoisotopic (exact) mass is 328 g/mol. The van der Waals surface area contributed by atoms with Crippen LogP contribution in [0.1, 0.15) is 23.2 Å². The summed E-state index contributed by atoms with van der Waals surface area (Å²) in [7, 11) is 0. The van der Waals surface area contributed by atoms with E-state index in [1.807, 2.05) is 36.6 Å². The van der Waals surface area contributed by atoms with E-state index in [4.69, 9.17) is 0 Å². The topological polar surface area (TPSA) is 58.1 Å². The number of nitrogens with zero attached hydrogens (tertiary/aromatic N) is 3. The number of anilines is 1. The van der Waals surface area contributed by atoms with Crippen molar-refractivity contribution >= 4 is 23.6 Å². The minimum absolute atomic E-state index is 0.00391. The first-order valence-electron chi connectivity index (χ1n) is 7.74. The quantitative estimate of drug-likeness (QED) is 0.874. The Kier molecular flexibility index (Phi) is 5.12. The van der Waals surface area contributed by atoms with Crippen molar-refractivity contribution in [1.29, 1.82) is 0 Å². The molecule has 0 unspecified atom stereocenters. The zero-order valence-corrected chi connectivity index (χ0v) is 13.9. The van der Waals surface area contributed by atoms with Crippen LogP contribution in [-0.2, 0) is 0 Å². The van der Waals surface area contributed by atoms with Gasteiger partial charge in [-0.3, -0.25) is 4.79 Å². The molecule has 0 bridgehead atoms. The summed E-state index contributed by atoms with van der Waals surface area (Å²) in [6.45, 7) is 1.68. The van der Waals surface area contributed by atoms with Crippen molar-refractivity contribution in [2.45, 2.75) is 23.8 Å². The van der Waals surface area contributed by atoms with Gasteiger partial charge in [0.15, 0.2) is 0 Å². The second-order valence-electron chi connectivity index (χ2n) is 5.51. The van der Waals surface area contributed by atoms with E-state index in [9.17, 15) is 4.79 Å². The molecule has 1 N–H and O–H groups in total. The van der Waals surface area contributed by atoms with E-state index in [0.717, 1.165) is 42.3 Å². The Hall–Kier alpha value is -2.08. The average molecular weight is 328 g/mol. The molecule has 23 heavy (non-hydrogen) atoms. The number of carbonyl (C=O) groups is 1. The number of nitrogens with one attached hydrogen (secondary N) is 1. The first-order chi connectivity index (χ1) is 11.3. The maximum Gasteiger partial charge on any atom is 0.252 e. The Morgan fingerprint density at radius 2 is 2.04 bits per heavy atom. The van der Waals surface area contributed by atoms with Gasteiger partial charge < -0.3 is 10.2 Å². The zero-order valence-electron chi connectivity index (χ0n) is 13.1. The van der Waals surface area contributed by atoms with E-state index in [2.05, 4.69) is 20.2 Å². The largest absolute Gasteiger partial charge is 0.347 e. The van der Waals surface area contributed by atoms with Gasteiger partial charge in [0.25, 0.3) is 5.91 Å². The predicted octanol–water partition coefficient (Wildman–Crippen LogP) is 2.60. The molecule has 3 rings (SSSR count). The molecule has 2 aromatic rings. The summed E-state index contributed by atoms with van der Waals surface area (Å²) < 4.78 is 0. The summed E-state index contributed by atoms with van der Waals surface area (Å²) in [4.78, 5) is 24.3. The predicted molar refractivity (Wildman–Crippen MR) is 93.0 cm³/mol. The van der Waals surface area contributed by atoms with Crippen LogP contribution < -0.4 is 10.2 Å². The van der Waals surface area contributed by atoms with Gasteiger partial charge >= 0.3 is 0 Å². The molecule has 6 heteroatoms. The van der Waals surface area contributed by atoms with Crippen LogP contribution in [0.3, 0.4) is 0 Å². The maximum atomic E-state index is 12.6. The van der Waals surface area contributed by atoms with Gasteiger partial charge in [0.2, 0.25) is 5.95 Å². The van der Waals surface area contributed by atoms with Crippen LogP contribution >= 0.6 is 11.8 Å². The molecule has 1 aliphatic heterocycles. The number of hydrogen-bond acceptors (Lipinski definition) is 5. The van der Waals surface area contributed by atoms with E-state index >= 15 is 0 Å². The van der Waals surface area contributed by atoms with Gasteiger partial charge in [-0.15, -0.1) is 11.8 Å². The fraction of sp³-hybridized carbons (Fsp3) is 0.353. The smallest absolute Gasteiger partial charge is 0.252 e. The molecule has 0 saturated carbocycles. The molecule has 1 amide bonds. The number of benzene rings is 1. The van der Waals surface area contributed by atoms with Crippen LogP contribution in [0.4, 0.5) is 5.95 Å². The van der Waals surface area contributed by atoms with Gasteiger partial charge in [-0.05, 0) is 37.3 Å². The van der Waals surface area contributed by atoms with E-state index < -0.39 is 0 Å². The minimum atomic E-state index is -0.00391. The summed E-state index contributed by atoms with van der Waals surface area (Å²) in [6.07, 6.45) is 7.49. The molecule has 0 aliphatic carbocycles. The lowest BCUT2D eigenvalue weighted by atomic mass is 10.1. The molecule has 2 heterocycles. The standard InChI is InChI=1S/C17H20N4OS/c1-23-15-8-3-2-7-14(15)16(22)20-13-6-4-11-21(12-13)17-18-9-5-10-19-17/h2-3,5,7-10,13H,4,6,11-12H2,1H3,(H,20,22)/t13-/m0/s1. The normalized spacial score (nSPS) is 17.8. The highest BCUT2D eigenvalue weighted by molar-refractivity contribution is 7.98. The summed E-state index contributed by atoms with van der Waals surface area (Å²) in [5.74, 6) is 0.728. The number of rotatable bonds is 4. The molecule has 1 atom stereocenters. The summed E-state index contributed by atoms with van der Waals surface area (Å²) >= 11 is 1.59. The maximum absolute atomic E-state index is 12.6. The molecule has 0 spiro atoms. The van der Waals surface area contributed by atoms with E-state index in [1.54, 1.807) is 24.2 Å². The Labute approximate surface area is 140 Å². The lowest BCUT2D eigenvalue weighted by molar-refractivity contribution is 0.0930. The van der Waals surface area contributed by atoms with Crippen molar-refractivity contribution in [1.82, 2.24) is 15.3 Å². The molecule has 0 radical (unpaired) electrons. The fourth-order valence-electron chi connectivity index (χ4n) is 2.83. The molecule has 1 aliphatic rings. The van der Waals surface area contributed by atoms with Crippen molar-refractivity contribution in [3.63, 3.8) is 0 Å².